The molecule has 0 atom stereocenters. The fourth-order valence-electron chi connectivity index (χ4n) is 2.46. The molecule has 0 unspecified atom stereocenters. The highest BCUT2D eigenvalue weighted by Gasteiger charge is 2.21. The third-order valence-electron chi connectivity index (χ3n) is 3.84. The molecule has 0 aliphatic rings. The molecule has 2 aromatic heterocycles. The Morgan fingerprint density at radius 3 is 2.56 bits per heavy atom. The summed E-state index contributed by atoms with van der Waals surface area (Å²) < 4.78 is 0. The molecule has 0 aliphatic heterocycles. The summed E-state index contributed by atoms with van der Waals surface area (Å²) in [6, 6.07) is 9.69. The van der Waals surface area contributed by atoms with Gasteiger partial charge in [0.05, 0.1) is 17.7 Å². The number of carbonyl (C=O) groups excluding carboxylic acids is 1. The van der Waals surface area contributed by atoms with Gasteiger partial charge in [0.1, 0.15) is 11.4 Å². The van der Waals surface area contributed by atoms with Crippen LogP contribution in [0.5, 0.6) is 0 Å². The maximum absolute atomic E-state index is 13.0. The number of rotatable bonds is 5. The number of carbonyl (C=O) groups is 1. The van der Waals surface area contributed by atoms with E-state index in [1.165, 1.54) is 17.5 Å². The molecule has 0 spiro atoms. The van der Waals surface area contributed by atoms with E-state index in [0.717, 1.165) is 16.1 Å². The molecule has 128 valence electrons. The molecule has 7 heteroatoms. The number of thiazole rings is 1. The number of aromatic amines is 1. The van der Waals surface area contributed by atoms with Crippen LogP contribution in [0.4, 0.5) is 0 Å². The van der Waals surface area contributed by atoms with Crippen molar-refractivity contribution in [2.75, 3.05) is 0 Å². The number of nitrogens with one attached hydrogen (secondary N) is 1. The fraction of sp³-hybridized carbons (Fsp3) is 0.222. The zero-order chi connectivity index (χ0) is 17.8. The predicted molar refractivity (Wildman–Crippen MR) is 96.5 cm³/mol. The number of H-pyrrole nitrogens is 1. The smallest absolute Gasteiger partial charge is 0.263 e. The second-order valence-electron chi connectivity index (χ2n) is 5.72. The van der Waals surface area contributed by atoms with E-state index >= 15 is 0 Å². The van der Waals surface area contributed by atoms with Crippen LogP contribution in [-0.4, -0.2) is 25.8 Å². The Balaban J connectivity index is 1.93. The summed E-state index contributed by atoms with van der Waals surface area (Å²) in [6.45, 7) is 4.40. The molecule has 3 rings (SSSR count). The highest BCUT2D eigenvalue weighted by molar-refractivity contribution is 7.09. The van der Waals surface area contributed by atoms with Gasteiger partial charge < -0.3 is 9.88 Å². The molecule has 25 heavy (non-hydrogen) atoms. The van der Waals surface area contributed by atoms with E-state index in [2.05, 4.69) is 15.0 Å². The molecule has 6 nitrogen and oxygen atoms in total. The summed E-state index contributed by atoms with van der Waals surface area (Å²) in [5.74, 6) is 0.139. The van der Waals surface area contributed by atoms with Gasteiger partial charge in [-0.1, -0.05) is 30.3 Å². The van der Waals surface area contributed by atoms with Crippen molar-refractivity contribution in [3.05, 3.63) is 79.9 Å². The van der Waals surface area contributed by atoms with Gasteiger partial charge in [0.25, 0.3) is 11.5 Å². The Labute approximate surface area is 149 Å². The van der Waals surface area contributed by atoms with Gasteiger partial charge >= 0.3 is 0 Å². The summed E-state index contributed by atoms with van der Waals surface area (Å²) in [7, 11) is 0. The minimum absolute atomic E-state index is 0.0451. The molecule has 1 N–H and O–H groups in total. The average molecular weight is 354 g/mol. The molecule has 0 saturated heterocycles. The van der Waals surface area contributed by atoms with Crippen LogP contribution < -0.4 is 5.56 Å². The first-order valence-corrected chi connectivity index (χ1v) is 8.70. The summed E-state index contributed by atoms with van der Waals surface area (Å²) in [5, 5.41) is 0. The molecule has 3 aromatic rings. The van der Waals surface area contributed by atoms with Crippen LogP contribution in [0.2, 0.25) is 0 Å². The Morgan fingerprint density at radius 2 is 1.92 bits per heavy atom. The van der Waals surface area contributed by atoms with E-state index in [-0.39, 0.29) is 11.5 Å². The maximum Gasteiger partial charge on any atom is 0.263 e. The zero-order valence-corrected chi connectivity index (χ0v) is 14.8. The lowest BCUT2D eigenvalue weighted by molar-refractivity contribution is 0.0729. The summed E-state index contributed by atoms with van der Waals surface area (Å²) >= 11 is 1.50. The fourth-order valence-corrected chi connectivity index (χ4v) is 3.25. The van der Waals surface area contributed by atoms with Crippen molar-refractivity contribution in [3.63, 3.8) is 0 Å². The number of amides is 1. The number of aryl methyl sites for hydroxylation is 2. The van der Waals surface area contributed by atoms with E-state index in [4.69, 9.17) is 0 Å². The van der Waals surface area contributed by atoms with E-state index in [1.807, 2.05) is 37.3 Å². The largest absolute Gasteiger partial charge is 0.329 e. The number of hydrogen-bond donors (Lipinski definition) is 1. The Hall–Kier alpha value is -2.80. The minimum atomic E-state index is -0.420. The van der Waals surface area contributed by atoms with Gasteiger partial charge in [-0.25, -0.2) is 9.97 Å². The SMILES string of the molecule is Cc1ncc(C(=O)N(Cc2ccccc2)Cc2scnc2C)c(=O)[nH]1. The Kier molecular flexibility index (Phi) is 5.04. The zero-order valence-electron chi connectivity index (χ0n) is 14.0. The summed E-state index contributed by atoms with van der Waals surface area (Å²) in [5.41, 5.74) is 3.28. The van der Waals surface area contributed by atoms with Crippen molar-refractivity contribution in [3.8, 4) is 0 Å². The molecule has 1 amide bonds. The standard InChI is InChI=1S/C18H18N4O2S/c1-12-16(25-11-20-12)10-22(9-14-6-4-3-5-7-14)18(24)15-8-19-13(2)21-17(15)23/h3-8,11H,9-10H2,1-2H3,(H,19,21,23). The first kappa shape index (κ1) is 17.0. The van der Waals surface area contributed by atoms with Gasteiger partial charge in [-0.05, 0) is 19.4 Å². The van der Waals surface area contributed by atoms with Crippen LogP contribution in [0.15, 0.2) is 46.8 Å². The van der Waals surface area contributed by atoms with Gasteiger partial charge in [-0.2, -0.15) is 0 Å². The van der Waals surface area contributed by atoms with Gasteiger partial charge in [-0.3, -0.25) is 9.59 Å². The van der Waals surface area contributed by atoms with Crippen molar-refractivity contribution >= 4 is 17.2 Å². The van der Waals surface area contributed by atoms with Gasteiger partial charge in [-0.15, -0.1) is 11.3 Å². The second-order valence-corrected chi connectivity index (χ2v) is 6.66. The lowest BCUT2D eigenvalue weighted by Crippen LogP contribution is -2.34. The summed E-state index contributed by atoms with van der Waals surface area (Å²) in [6.07, 6.45) is 1.34. The van der Waals surface area contributed by atoms with Crippen molar-refractivity contribution in [1.29, 1.82) is 0 Å². The second kappa shape index (κ2) is 7.40. The lowest BCUT2D eigenvalue weighted by Gasteiger charge is -2.22. The molecule has 0 aliphatic carbocycles. The van der Waals surface area contributed by atoms with E-state index in [9.17, 15) is 9.59 Å². The number of aromatic nitrogens is 3. The highest BCUT2D eigenvalue weighted by Crippen LogP contribution is 2.18. The third-order valence-corrected chi connectivity index (χ3v) is 4.76. The molecule has 0 saturated carbocycles. The van der Waals surface area contributed by atoms with Gasteiger partial charge in [0.2, 0.25) is 0 Å². The molecular formula is C18H18N4O2S. The molecule has 2 heterocycles. The first-order chi connectivity index (χ1) is 12.0. The quantitative estimate of drug-likeness (QED) is 0.764. The van der Waals surface area contributed by atoms with Crippen molar-refractivity contribution in [1.82, 2.24) is 19.9 Å². The lowest BCUT2D eigenvalue weighted by atomic mass is 10.2. The van der Waals surface area contributed by atoms with Crippen LogP contribution in [0.1, 0.15) is 32.3 Å². The van der Waals surface area contributed by atoms with E-state index in [0.29, 0.717) is 18.9 Å². The van der Waals surface area contributed by atoms with Crippen molar-refractivity contribution < 1.29 is 4.79 Å². The van der Waals surface area contributed by atoms with E-state index in [1.54, 1.807) is 17.3 Å². The monoisotopic (exact) mass is 354 g/mol. The molecule has 1 aromatic carbocycles. The van der Waals surface area contributed by atoms with Crippen LogP contribution in [0.3, 0.4) is 0 Å². The first-order valence-electron chi connectivity index (χ1n) is 7.82. The van der Waals surface area contributed by atoms with Gasteiger partial charge in [0.15, 0.2) is 0 Å². The number of nitrogens with zero attached hydrogens (tertiary/aromatic N) is 3. The average Bonchev–Trinajstić information content (AvgIpc) is 2.99. The molecule has 0 radical (unpaired) electrons. The molecule has 0 fully saturated rings. The Bertz CT molecular complexity index is 934. The van der Waals surface area contributed by atoms with Crippen molar-refractivity contribution in [2.24, 2.45) is 0 Å². The van der Waals surface area contributed by atoms with E-state index < -0.39 is 5.56 Å². The number of hydrogen-bond acceptors (Lipinski definition) is 5. The third kappa shape index (κ3) is 4.00. The van der Waals surface area contributed by atoms with Crippen LogP contribution >= 0.6 is 11.3 Å². The predicted octanol–water partition coefficient (Wildman–Crippen LogP) is 2.69. The normalized spacial score (nSPS) is 10.6. The Morgan fingerprint density at radius 1 is 1.16 bits per heavy atom. The molecular weight excluding hydrogens is 336 g/mol. The summed E-state index contributed by atoms with van der Waals surface area (Å²) in [4.78, 5) is 38.7. The van der Waals surface area contributed by atoms with Crippen LogP contribution in [-0.2, 0) is 13.1 Å². The topological polar surface area (TPSA) is 79.0 Å². The molecule has 0 bridgehead atoms. The van der Waals surface area contributed by atoms with Crippen LogP contribution in [0, 0.1) is 13.8 Å². The number of benzene rings is 1. The maximum atomic E-state index is 13.0. The minimum Gasteiger partial charge on any atom is -0.329 e. The highest BCUT2D eigenvalue weighted by atomic mass is 32.1. The van der Waals surface area contributed by atoms with Crippen molar-refractivity contribution in [2.45, 2.75) is 26.9 Å². The van der Waals surface area contributed by atoms with Crippen LogP contribution in [0.25, 0.3) is 0 Å². The van der Waals surface area contributed by atoms with Gasteiger partial charge in [0, 0.05) is 17.6 Å².